The van der Waals surface area contributed by atoms with Crippen LogP contribution in [0.1, 0.15) is 60.9 Å². The Labute approximate surface area is 267 Å². The van der Waals surface area contributed by atoms with E-state index in [1.54, 1.807) is 24.3 Å². The first-order valence-electron chi connectivity index (χ1n) is 15.2. The quantitative estimate of drug-likeness (QED) is 0.121. The lowest BCUT2D eigenvalue weighted by molar-refractivity contribution is -0.143. The summed E-state index contributed by atoms with van der Waals surface area (Å²) in [6, 6.07) is 20.8. The van der Waals surface area contributed by atoms with Crippen LogP contribution in [0.3, 0.4) is 0 Å². The summed E-state index contributed by atoms with van der Waals surface area (Å²) in [4.78, 5) is 31.8. The zero-order valence-electron chi connectivity index (χ0n) is 26.5. The van der Waals surface area contributed by atoms with Crippen LogP contribution in [0.15, 0.2) is 78.9 Å². The van der Waals surface area contributed by atoms with Crippen LogP contribution in [0.25, 0.3) is 22.3 Å². The molecule has 0 aliphatic rings. The Morgan fingerprint density at radius 3 is 1.91 bits per heavy atom. The number of ether oxygens (including phenoxy) is 1. The fraction of sp³-hybridized carbons (Fsp3) is 0.333. The van der Waals surface area contributed by atoms with E-state index in [0.29, 0.717) is 27.9 Å². The summed E-state index contributed by atoms with van der Waals surface area (Å²) in [7, 11) is 2.64. The van der Waals surface area contributed by atoms with Crippen LogP contribution in [0.4, 0.5) is 8.78 Å². The molecule has 1 amide bonds. The smallest absolute Gasteiger partial charge is 0.308 e. The summed E-state index contributed by atoms with van der Waals surface area (Å²) < 4.78 is 34.8. The van der Waals surface area contributed by atoms with Gasteiger partial charge in [-0.2, -0.15) is 0 Å². The van der Waals surface area contributed by atoms with Gasteiger partial charge in [-0.3, -0.25) is 14.4 Å². The third kappa shape index (κ3) is 8.25. The molecule has 244 valence electrons. The van der Waals surface area contributed by atoms with E-state index in [4.69, 9.17) is 4.84 Å². The molecule has 2 atom stereocenters. The van der Waals surface area contributed by atoms with Gasteiger partial charge in [0.05, 0.1) is 39.4 Å². The van der Waals surface area contributed by atoms with Gasteiger partial charge in [-0.25, -0.2) is 13.8 Å². The van der Waals surface area contributed by atoms with Gasteiger partial charge in [0.25, 0.3) is 5.91 Å². The van der Waals surface area contributed by atoms with Crippen molar-refractivity contribution in [2.45, 2.75) is 64.3 Å². The van der Waals surface area contributed by atoms with Crippen molar-refractivity contribution < 1.29 is 38.2 Å². The van der Waals surface area contributed by atoms with Crippen LogP contribution >= 0.6 is 0 Å². The van der Waals surface area contributed by atoms with Crippen LogP contribution in [0.5, 0.6) is 0 Å². The average Bonchev–Trinajstić information content (AvgIpc) is 3.38. The number of hydrogen-bond acceptors (Lipinski definition) is 6. The Morgan fingerprint density at radius 1 is 0.826 bits per heavy atom. The molecule has 4 rings (SSSR count). The van der Waals surface area contributed by atoms with Gasteiger partial charge in [0.2, 0.25) is 0 Å². The van der Waals surface area contributed by atoms with Crippen molar-refractivity contribution in [1.29, 1.82) is 0 Å². The van der Waals surface area contributed by atoms with Crippen LogP contribution in [-0.2, 0) is 27.3 Å². The summed E-state index contributed by atoms with van der Waals surface area (Å²) in [5.74, 6) is -1.91. The molecule has 2 unspecified atom stereocenters. The number of hydrogen-bond donors (Lipinski definition) is 2. The number of aromatic nitrogens is 1. The molecule has 46 heavy (non-hydrogen) atoms. The highest BCUT2D eigenvalue weighted by molar-refractivity contribution is 6.05. The zero-order valence-corrected chi connectivity index (χ0v) is 26.5. The van der Waals surface area contributed by atoms with Crippen molar-refractivity contribution in [3.8, 4) is 22.3 Å². The van der Waals surface area contributed by atoms with Gasteiger partial charge >= 0.3 is 5.97 Å². The maximum atomic E-state index is 14.6. The molecule has 0 bridgehead atoms. The molecule has 0 fully saturated rings. The number of carbonyl (C=O) groups is 2. The number of nitrogens with zero attached hydrogens (tertiary/aromatic N) is 2. The number of amides is 1. The van der Waals surface area contributed by atoms with E-state index >= 15 is 0 Å². The fourth-order valence-electron chi connectivity index (χ4n) is 5.67. The van der Waals surface area contributed by atoms with E-state index in [2.05, 4.69) is 4.74 Å². The minimum absolute atomic E-state index is 0.0610. The second kappa shape index (κ2) is 15.8. The maximum Gasteiger partial charge on any atom is 0.308 e. The molecule has 4 aromatic rings. The van der Waals surface area contributed by atoms with Crippen LogP contribution in [0, 0.1) is 11.6 Å². The first kappa shape index (κ1) is 34.5. The second-order valence-corrected chi connectivity index (χ2v) is 11.4. The summed E-state index contributed by atoms with van der Waals surface area (Å²) in [6.45, 7) is 4.00. The van der Waals surface area contributed by atoms with E-state index in [-0.39, 0.29) is 44.0 Å². The fourth-order valence-corrected chi connectivity index (χ4v) is 5.67. The van der Waals surface area contributed by atoms with Gasteiger partial charge in [-0.05, 0) is 74.1 Å². The molecule has 0 saturated carbocycles. The van der Waals surface area contributed by atoms with Crippen LogP contribution < -0.4 is 0 Å². The summed E-state index contributed by atoms with van der Waals surface area (Å²) >= 11 is 0. The van der Waals surface area contributed by atoms with E-state index < -0.39 is 35.7 Å². The highest BCUT2D eigenvalue weighted by atomic mass is 19.1. The Morgan fingerprint density at radius 2 is 1.39 bits per heavy atom. The first-order valence-corrected chi connectivity index (χ1v) is 15.2. The standard InChI is InChI=1S/C36H40F2N2O6/c1-23(2)40-31(19-18-29(41)20-30(42)21-32(43)45-3)33(25-10-14-27(37)15-11-25)34(26-12-16-28(38)17-13-26)35(40)36(44)39(46-4)22-24-8-6-5-7-9-24/h5-17,23,29-30,41-42H,18-22H2,1-4H3. The molecule has 0 aliphatic carbocycles. The van der Waals surface area contributed by atoms with E-state index in [1.807, 2.05) is 48.7 Å². The van der Waals surface area contributed by atoms with Crippen molar-refractivity contribution in [2.75, 3.05) is 14.2 Å². The van der Waals surface area contributed by atoms with Gasteiger partial charge < -0.3 is 19.5 Å². The minimum Gasteiger partial charge on any atom is -0.469 e. The highest BCUT2D eigenvalue weighted by Gasteiger charge is 2.33. The number of halogens is 2. The molecule has 3 aromatic carbocycles. The van der Waals surface area contributed by atoms with E-state index in [1.165, 1.54) is 43.5 Å². The van der Waals surface area contributed by atoms with Gasteiger partial charge in [-0.1, -0.05) is 54.6 Å². The summed E-state index contributed by atoms with van der Waals surface area (Å²) in [6.07, 6.45) is -1.97. The lowest BCUT2D eigenvalue weighted by Gasteiger charge is -2.24. The van der Waals surface area contributed by atoms with Crippen LogP contribution in [0.2, 0.25) is 0 Å². The first-order chi connectivity index (χ1) is 22.0. The molecule has 0 aliphatic heterocycles. The molecule has 0 saturated heterocycles. The van der Waals surface area contributed by atoms with Crippen molar-refractivity contribution in [3.05, 3.63) is 107 Å². The minimum atomic E-state index is -1.10. The topological polar surface area (TPSA) is 101 Å². The highest BCUT2D eigenvalue weighted by Crippen LogP contribution is 2.43. The SMILES string of the molecule is COC(=O)CC(O)CC(O)CCc1c(-c2ccc(F)cc2)c(-c2ccc(F)cc2)c(C(=O)N(Cc2ccccc2)OC)n1C(C)C. The van der Waals surface area contributed by atoms with E-state index in [9.17, 15) is 28.6 Å². The van der Waals surface area contributed by atoms with Gasteiger partial charge in [-0.15, -0.1) is 0 Å². The summed E-state index contributed by atoms with van der Waals surface area (Å²) in [5.41, 5.74) is 4.13. The van der Waals surface area contributed by atoms with Crippen molar-refractivity contribution in [2.24, 2.45) is 0 Å². The lowest BCUT2D eigenvalue weighted by atomic mass is 9.92. The largest absolute Gasteiger partial charge is 0.469 e. The van der Waals surface area contributed by atoms with Crippen molar-refractivity contribution in [1.82, 2.24) is 9.63 Å². The number of benzene rings is 3. The Hall–Kier alpha value is -4.38. The normalized spacial score (nSPS) is 12.6. The van der Waals surface area contributed by atoms with Gasteiger partial charge in [0.1, 0.15) is 17.3 Å². The van der Waals surface area contributed by atoms with Gasteiger partial charge in [0, 0.05) is 22.9 Å². The average molecular weight is 635 g/mol. The number of esters is 1. The Bertz CT molecular complexity index is 1600. The number of carbonyl (C=O) groups excluding carboxylic acids is 2. The molecule has 0 spiro atoms. The predicted molar refractivity (Wildman–Crippen MR) is 171 cm³/mol. The third-order valence-electron chi connectivity index (χ3n) is 7.80. The molecular weight excluding hydrogens is 594 g/mol. The van der Waals surface area contributed by atoms with Crippen molar-refractivity contribution in [3.63, 3.8) is 0 Å². The number of aliphatic hydroxyl groups is 2. The van der Waals surface area contributed by atoms with Gasteiger partial charge in [0.15, 0.2) is 0 Å². The molecule has 8 nitrogen and oxygen atoms in total. The molecular formula is C36H40F2N2O6. The number of rotatable bonds is 14. The maximum absolute atomic E-state index is 14.6. The van der Waals surface area contributed by atoms with Crippen LogP contribution in [-0.4, -0.2) is 58.1 Å². The Kier molecular flexibility index (Phi) is 11.8. The summed E-state index contributed by atoms with van der Waals surface area (Å²) in [5, 5.41) is 22.5. The van der Waals surface area contributed by atoms with Crippen molar-refractivity contribution >= 4 is 11.9 Å². The zero-order chi connectivity index (χ0) is 33.4. The number of methoxy groups -OCH3 is 1. The number of hydroxylamine groups is 2. The van der Waals surface area contributed by atoms with E-state index in [0.717, 1.165) is 5.56 Å². The monoisotopic (exact) mass is 634 g/mol. The molecule has 1 heterocycles. The molecule has 0 radical (unpaired) electrons. The third-order valence-corrected chi connectivity index (χ3v) is 7.80. The molecule has 1 aromatic heterocycles. The molecule has 10 heteroatoms. The Balaban J connectivity index is 1.90. The lowest BCUT2D eigenvalue weighted by Crippen LogP contribution is -2.32. The molecule has 2 N–H and O–H groups in total. The predicted octanol–water partition coefficient (Wildman–Crippen LogP) is 6.49. The second-order valence-electron chi connectivity index (χ2n) is 11.4. The number of aliphatic hydroxyl groups excluding tert-OH is 2.